The molecule has 1 N–H and O–H groups in total. The Hall–Kier alpha value is -1.50. The van der Waals surface area contributed by atoms with Crippen LogP contribution in [0.1, 0.15) is 42.6 Å². The fourth-order valence-corrected chi connectivity index (χ4v) is 2.84. The van der Waals surface area contributed by atoms with E-state index >= 15 is 0 Å². The summed E-state index contributed by atoms with van der Waals surface area (Å²) in [6.07, 6.45) is 0.368. The Kier molecular flexibility index (Phi) is 4.08. The van der Waals surface area contributed by atoms with E-state index in [1.807, 2.05) is 4.90 Å². The fourth-order valence-electron chi connectivity index (χ4n) is 2.28. The number of carbonyl (C=O) groups is 2. The predicted molar refractivity (Wildman–Crippen MR) is 76.6 cm³/mol. The first-order valence-electron chi connectivity index (χ1n) is 6.64. The highest BCUT2D eigenvalue weighted by Crippen LogP contribution is 2.20. The van der Waals surface area contributed by atoms with Crippen molar-refractivity contribution < 1.29 is 9.59 Å². The van der Waals surface area contributed by atoms with Crippen LogP contribution in [0.5, 0.6) is 0 Å². The molecule has 0 aliphatic carbocycles. The van der Waals surface area contributed by atoms with Crippen LogP contribution in [0.15, 0.2) is 0 Å². The Morgan fingerprint density at radius 2 is 2.20 bits per heavy atom. The SMILES string of the molecule is Cc1nnsc1C(=O)NC1CC(=O)N(CC(C)(C)C)C1. The average Bonchev–Trinajstić information content (AvgIpc) is 2.84. The topological polar surface area (TPSA) is 75.2 Å². The molecule has 1 aliphatic heterocycles. The van der Waals surface area contributed by atoms with E-state index in [1.165, 1.54) is 0 Å². The van der Waals surface area contributed by atoms with Crippen LogP contribution >= 0.6 is 11.5 Å². The molecule has 110 valence electrons. The summed E-state index contributed by atoms with van der Waals surface area (Å²) in [4.78, 5) is 26.4. The first-order chi connectivity index (χ1) is 9.26. The Morgan fingerprint density at radius 3 is 2.75 bits per heavy atom. The highest BCUT2D eigenvalue weighted by molar-refractivity contribution is 7.08. The van der Waals surface area contributed by atoms with E-state index < -0.39 is 0 Å². The third-order valence-corrected chi connectivity index (χ3v) is 3.90. The van der Waals surface area contributed by atoms with Crippen LogP contribution in [-0.2, 0) is 4.79 Å². The van der Waals surface area contributed by atoms with Crippen LogP contribution in [0, 0.1) is 12.3 Å². The molecule has 1 fully saturated rings. The second-order valence-corrected chi connectivity index (χ2v) is 7.15. The summed E-state index contributed by atoms with van der Waals surface area (Å²) in [6, 6.07) is -0.126. The van der Waals surface area contributed by atoms with Crippen molar-refractivity contribution >= 4 is 23.3 Å². The van der Waals surface area contributed by atoms with Crippen molar-refractivity contribution in [3.05, 3.63) is 10.6 Å². The van der Waals surface area contributed by atoms with Crippen molar-refractivity contribution in [1.82, 2.24) is 19.8 Å². The van der Waals surface area contributed by atoms with Gasteiger partial charge < -0.3 is 10.2 Å². The summed E-state index contributed by atoms with van der Waals surface area (Å²) < 4.78 is 3.75. The molecule has 0 bridgehead atoms. The molecule has 2 heterocycles. The number of hydrogen-bond donors (Lipinski definition) is 1. The van der Waals surface area contributed by atoms with E-state index in [2.05, 4.69) is 35.7 Å². The van der Waals surface area contributed by atoms with Gasteiger partial charge in [0.2, 0.25) is 5.91 Å². The van der Waals surface area contributed by atoms with Crippen LogP contribution in [0.4, 0.5) is 0 Å². The van der Waals surface area contributed by atoms with E-state index in [0.717, 1.165) is 11.5 Å². The fraction of sp³-hybridized carbons (Fsp3) is 0.692. The maximum absolute atomic E-state index is 12.1. The number of amides is 2. The van der Waals surface area contributed by atoms with Crippen molar-refractivity contribution in [2.75, 3.05) is 13.1 Å². The summed E-state index contributed by atoms with van der Waals surface area (Å²) in [5.41, 5.74) is 0.690. The van der Waals surface area contributed by atoms with E-state index in [0.29, 0.717) is 30.1 Å². The highest BCUT2D eigenvalue weighted by atomic mass is 32.1. The van der Waals surface area contributed by atoms with Crippen molar-refractivity contribution in [3.8, 4) is 0 Å². The number of nitrogens with zero attached hydrogens (tertiary/aromatic N) is 3. The van der Waals surface area contributed by atoms with Gasteiger partial charge in [-0.3, -0.25) is 9.59 Å². The van der Waals surface area contributed by atoms with Gasteiger partial charge in [0.15, 0.2) is 0 Å². The molecular weight excluding hydrogens is 276 g/mol. The molecule has 0 spiro atoms. The third kappa shape index (κ3) is 3.53. The van der Waals surface area contributed by atoms with Crippen molar-refractivity contribution in [2.24, 2.45) is 5.41 Å². The molecule has 2 amide bonds. The zero-order valence-corrected chi connectivity index (χ0v) is 13.1. The molecule has 20 heavy (non-hydrogen) atoms. The quantitative estimate of drug-likeness (QED) is 0.910. The molecule has 1 unspecified atom stereocenters. The van der Waals surface area contributed by atoms with Gasteiger partial charge in [-0.05, 0) is 23.9 Å². The van der Waals surface area contributed by atoms with Gasteiger partial charge in [-0.25, -0.2) is 0 Å². The highest BCUT2D eigenvalue weighted by Gasteiger charge is 2.33. The molecule has 1 aromatic heterocycles. The van der Waals surface area contributed by atoms with Gasteiger partial charge in [0.05, 0.1) is 11.7 Å². The molecule has 1 atom stereocenters. The predicted octanol–water partition coefficient (Wildman–Crippen LogP) is 1.22. The Labute approximate surface area is 122 Å². The Bertz CT molecular complexity index is 521. The summed E-state index contributed by atoms with van der Waals surface area (Å²) in [7, 11) is 0. The van der Waals surface area contributed by atoms with Crippen molar-refractivity contribution in [2.45, 2.75) is 40.2 Å². The molecule has 1 aliphatic rings. The summed E-state index contributed by atoms with van der Waals surface area (Å²) in [5, 5.41) is 6.72. The first-order valence-corrected chi connectivity index (χ1v) is 7.41. The number of aromatic nitrogens is 2. The van der Waals surface area contributed by atoms with Gasteiger partial charge in [-0.1, -0.05) is 25.3 Å². The van der Waals surface area contributed by atoms with Crippen LogP contribution in [0.25, 0.3) is 0 Å². The van der Waals surface area contributed by atoms with Crippen LogP contribution in [-0.4, -0.2) is 45.4 Å². The molecule has 1 aromatic rings. The average molecular weight is 296 g/mol. The summed E-state index contributed by atoms with van der Waals surface area (Å²) in [5.74, 6) is -0.0858. The van der Waals surface area contributed by atoms with Gasteiger partial charge in [0.1, 0.15) is 4.88 Å². The monoisotopic (exact) mass is 296 g/mol. The maximum atomic E-state index is 12.1. The minimum Gasteiger partial charge on any atom is -0.346 e. The lowest BCUT2D eigenvalue weighted by Gasteiger charge is -2.26. The number of aryl methyl sites for hydroxylation is 1. The molecule has 2 rings (SSSR count). The van der Waals surface area contributed by atoms with Gasteiger partial charge in [0, 0.05) is 19.5 Å². The number of carbonyl (C=O) groups excluding carboxylic acids is 2. The van der Waals surface area contributed by atoms with Gasteiger partial charge in [0.25, 0.3) is 5.91 Å². The summed E-state index contributed by atoms with van der Waals surface area (Å²) in [6.45, 7) is 9.33. The standard InChI is InChI=1S/C13H20N4O2S/c1-8-11(20-16-15-8)12(19)14-9-5-10(18)17(6-9)7-13(2,3)4/h9H,5-7H2,1-4H3,(H,14,19). The first kappa shape index (κ1) is 14.9. The lowest BCUT2D eigenvalue weighted by Crippen LogP contribution is -2.39. The lowest BCUT2D eigenvalue weighted by atomic mass is 9.96. The minimum atomic E-state index is -0.187. The molecule has 0 saturated carbocycles. The van der Waals surface area contributed by atoms with Crippen molar-refractivity contribution in [3.63, 3.8) is 0 Å². The maximum Gasteiger partial charge on any atom is 0.265 e. The number of hydrogen-bond acceptors (Lipinski definition) is 5. The molecular formula is C13H20N4O2S. The van der Waals surface area contributed by atoms with Gasteiger partial charge >= 0.3 is 0 Å². The zero-order chi connectivity index (χ0) is 14.9. The van der Waals surface area contributed by atoms with E-state index in [4.69, 9.17) is 0 Å². The molecule has 0 radical (unpaired) electrons. The smallest absolute Gasteiger partial charge is 0.265 e. The number of rotatable bonds is 3. The number of nitrogens with one attached hydrogen (secondary N) is 1. The van der Waals surface area contributed by atoms with Gasteiger partial charge in [-0.2, -0.15) is 0 Å². The molecule has 7 heteroatoms. The molecule has 1 saturated heterocycles. The summed E-state index contributed by atoms with van der Waals surface area (Å²) >= 11 is 1.08. The molecule has 0 aromatic carbocycles. The Morgan fingerprint density at radius 1 is 1.50 bits per heavy atom. The third-order valence-electron chi connectivity index (χ3n) is 3.07. The van der Waals surface area contributed by atoms with E-state index in [1.54, 1.807) is 6.92 Å². The van der Waals surface area contributed by atoms with Crippen LogP contribution < -0.4 is 5.32 Å². The van der Waals surface area contributed by atoms with Crippen LogP contribution in [0.3, 0.4) is 0 Å². The zero-order valence-electron chi connectivity index (χ0n) is 12.3. The normalized spacial score (nSPS) is 19.5. The minimum absolute atomic E-state index is 0.0622. The van der Waals surface area contributed by atoms with E-state index in [-0.39, 0.29) is 23.3 Å². The van der Waals surface area contributed by atoms with Crippen LogP contribution in [0.2, 0.25) is 0 Å². The second kappa shape index (κ2) is 5.47. The largest absolute Gasteiger partial charge is 0.346 e. The van der Waals surface area contributed by atoms with Gasteiger partial charge in [-0.15, -0.1) is 5.10 Å². The second-order valence-electron chi connectivity index (χ2n) is 6.40. The lowest BCUT2D eigenvalue weighted by molar-refractivity contribution is -0.128. The van der Waals surface area contributed by atoms with Crippen molar-refractivity contribution in [1.29, 1.82) is 0 Å². The number of likely N-dealkylation sites (tertiary alicyclic amines) is 1. The Balaban J connectivity index is 1.94. The van der Waals surface area contributed by atoms with E-state index in [9.17, 15) is 9.59 Å². The molecule has 6 nitrogen and oxygen atoms in total.